The Morgan fingerprint density at radius 1 is 1.56 bits per heavy atom. The molecule has 1 saturated heterocycles. The fourth-order valence-corrected chi connectivity index (χ4v) is 2.68. The van der Waals surface area contributed by atoms with Crippen LogP contribution in [-0.4, -0.2) is 35.4 Å². The van der Waals surface area contributed by atoms with Crippen molar-refractivity contribution in [2.75, 3.05) is 24.6 Å². The predicted octanol–water partition coefficient (Wildman–Crippen LogP) is 0.432. The number of hydrazine groups is 1. The van der Waals surface area contributed by atoms with Crippen LogP contribution < -0.4 is 11.3 Å². The average molecular weight is 241 g/mol. The van der Waals surface area contributed by atoms with Gasteiger partial charge in [0, 0.05) is 24.6 Å². The summed E-state index contributed by atoms with van der Waals surface area (Å²) in [6, 6.07) is 1.65. The normalized spacial score (nSPS) is 17.3. The Hall–Kier alpha value is -0.980. The van der Waals surface area contributed by atoms with E-state index in [4.69, 9.17) is 10.3 Å². The molecular formula is C10H15N3O2S. The summed E-state index contributed by atoms with van der Waals surface area (Å²) in [5, 5.41) is 0. The topological polar surface area (TPSA) is 71.5 Å². The standard InChI is InChI=1S/C10H15N3O2S/c11-12-10(14)8-1-4-15-9(8)7-13-2-5-16-6-3-13/h1,4H,2-3,5-7,11H2,(H,12,14). The van der Waals surface area contributed by atoms with Gasteiger partial charge in [-0.3, -0.25) is 15.1 Å². The zero-order valence-electron chi connectivity index (χ0n) is 8.94. The van der Waals surface area contributed by atoms with Crippen LogP contribution in [0.1, 0.15) is 16.1 Å². The molecule has 3 N–H and O–H groups in total. The fourth-order valence-electron chi connectivity index (χ4n) is 1.71. The van der Waals surface area contributed by atoms with Gasteiger partial charge in [-0.05, 0) is 6.07 Å². The molecule has 0 bridgehead atoms. The molecule has 0 spiro atoms. The van der Waals surface area contributed by atoms with Gasteiger partial charge in [-0.1, -0.05) is 0 Å². The Morgan fingerprint density at radius 3 is 3.00 bits per heavy atom. The van der Waals surface area contributed by atoms with Gasteiger partial charge in [0.25, 0.3) is 5.91 Å². The Labute approximate surface area is 98.3 Å². The highest BCUT2D eigenvalue weighted by molar-refractivity contribution is 7.99. The number of nitrogen functional groups attached to an aromatic ring is 1. The van der Waals surface area contributed by atoms with E-state index >= 15 is 0 Å². The minimum atomic E-state index is -0.296. The van der Waals surface area contributed by atoms with Gasteiger partial charge in [0.1, 0.15) is 5.76 Å². The highest BCUT2D eigenvalue weighted by Crippen LogP contribution is 2.16. The lowest BCUT2D eigenvalue weighted by atomic mass is 10.2. The smallest absolute Gasteiger partial charge is 0.268 e. The number of furan rings is 1. The van der Waals surface area contributed by atoms with Crippen LogP contribution in [0.15, 0.2) is 16.7 Å². The van der Waals surface area contributed by atoms with E-state index in [-0.39, 0.29) is 5.91 Å². The number of rotatable bonds is 3. The number of nitrogens with one attached hydrogen (secondary N) is 1. The minimum Gasteiger partial charge on any atom is -0.467 e. The summed E-state index contributed by atoms with van der Waals surface area (Å²) in [6.45, 7) is 2.75. The Kier molecular flexibility index (Phi) is 3.87. The number of carbonyl (C=O) groups is 1. The van der Waals surface area contributed by atoms with Crippen molar-refractivity contribution < 1.29 is 9.21 Å². The third-order valence-corrected chi connectivity index (χ3v) is 3.53. The number of hydrogen-bond donors (Lipinski definition) is 2. The lowest BCUT2D eigenvalue weighted by Gasteiger charge is -2.25. The second-order valence-electron chi connectivity index (χ2n) is 3.62. The fraction of sp³-hybridized carbons (Fsp3) is 0.500. The molecule has 0 saturated carbocycles. The monoisotopic (exact) mass is 241 g/mol. The van der Waals surface area contributed by atoms with Crippen LogP contribution >= 0.6 is 11.8 Å². The second kappa shape index (κ2) is 5.38. The maximum Gasteiger partial charge on any atom is 0.268 e. The van der Waals surface area contributed by atoms with E-state index in [9.17, 15) is 4.79 Å². The van der Waals surface area contributed by atoms with Gasteiger partial charge in [0.05, 0.1) is 18.4 Å². The van der Waals surface area contributed by atoms with Gasteiger partial charge < -0.3 is 4.42 Å². The second-order valence-corrected chi connectivity index (χ2v) is 4.84. The minimum absolute atomic E-state index is 0.296. The molecule has 88 valence electrons. The van der Waals surface area contributed by atoms with E-state index in [2.05, 4.69) is 10.3 Å². The summed E-state index contributed by atoms with van der Waals surface area (Å²) in [5.74, 6) is 7.78. The third-order valence-electron chi connectivity index (χ3n) is 2.59. The molecule has 1 fully saturated rings. The zero-order valence-corrected chi connectivity index (χ0v) is 9.76. The first kappa shape index (κ1) is 11.5. The molecule has 0 aromatic carbocycles. The molecule has 16 heavy (non-hydrogen) atoms. The molecule has 2 rings (SSSR count). The van der Waals surface area contributed by atoms with Crippen LogP contribution in [0.3, 0.4) is 0 Å². The van der Waals surface area contributed by atoms with Crippen molar-refractivity contribution in [3.05, 3.63) is 23.7 Å². The van der Waals surface area contributed by atoms with Crippen molar-refractivity contribution in [1.29, 1.82) is 0 Å². The Balaban J connectivity index is 2.03. The van der Waals surface area contributed by atoms with E-state index in [1.165, 1.54) is 6.26 Å². The number of hydrogen-bond acceptors (Lipinski definition) is 5. The first-order valence-electron chi connectivity index (χ1n) is 5.18. The number of carbonyl (C=O) groups excluding carboxylic acids is 1. The molecular weight excluding hydrogens is 226 g/mol. The van der Waals surface area contributed by atoms with Crippen molar-refractivity contribution in [2.45, 2.75) is 6.54 Å². The molecule has 2 heterocycles. The Morgan fingerprint density at radius 2 is 2.31 bits per heavy atom. The molecule has 0 unspecified atom stereocenters. The van der Waals surface area contributed by atoms with Crippen LogP contribution in [0.25, 0.3) is 0 Å². The number of thioether (sulfide) groups is 1. The van der Waals surface area contributed by atoms with Gasteiger partial charge in [-0.2, -0.15) is 11.8 Å². The van der Waals surface area contributed by atoms with Crippen LogP contribution in [0.2, 0.25) is 0 Å². The average Bonchev–Trinajstić information content (AvgIpc) is 2.77. The third kappa shape index (κ3) is 2.58. The summed E-state index contributed by atoms with van der Waals surface area (Å²) in [6.07, 6.45) is 1.53. The van der Waals surface area contributed by atoms with Gasteiger partial charge in [0.15, 0.2) is 0 Å². The van der Waals surface area contributed by atoms with E-state index in [1.54, 1.807) is 6.07 Å². The van der Waals surface area contributed by atoms with Gasteiger partial charge in [-0.25, -0.2) is 5.84 Å². The molecule has 0 aliphatic carbocycles. The van der Waals surface area contributed by atoms with E-state index in [1.807, 2.05) is 11.8 Å². The molecule has 0 radical (unpaired) electrons. The summed E-state index contributed by atoms with van der Waals surface area (Å²) in [4.78, 5) is 13.7. The first-order valence-corrected chi connectivity index (χ1v) is 6.34. The summed E-state index contributed by atoms with van der Waals surface area (Å²) in [5.41, 5.74) is 2.65. The lowest BCUT2D eigenvalue weighted by molar-refractivity contribution is 0.0950. The van der Waals surface area contributed by atoms with Gasteiger partial charge in [0.2, 0.25) is 0 Å². The largest absolute Gasteiger partial charge is 0.467 e. The number of nitrogens with zero attached hydrogens (tertiary/aromatic N) is 1. The maximum atomic E-state index is 11.4. The molecule has 1 aliphatic rings. The van der Waals surface area contributed by atoms with Crippen molar-refractivity contribution >= 4 is 17.7 Å². The Bertz CT molecular complexity index is 361. The molecule has 1 aromatic rings. The van der Waals surface area contributed by atoms with E-state index < -0.39 is 0 Å². The predicted molar refractivity (Wildman–Crippen MR) is 63.0 cm³/mol. The maximum absolute atomic E-state index is 11.4. The number of nitrogens with two attached hydrogens (primary N) is 1. The molecule has 1 amide bonds. The first-order chi connectivity index (χ1) is 7.81. The SMILES string of the molecule is NNC(=O)c1ccoc1CN1CCSCC1. The van der Waals surface area contributed by atoms with E-state index in [0.29, 0.717) is 17.9 Å². The zero-order chi connectivity index (χ0) is 11.4. The van der Waals surface area contributed by atoms with Gasteiger partial charge in [-0.15, -0.1) is 0 Å². The molecule has 1 aromatic heterocycles. The van der Waals surface area contributed by atoms with Crippen LogP contribution in [-0.2, 0) is 6.54 Å². The van der Waals surface area contributed by atoms with Crippen molar-refractivity contribution in [3.63, 3.8) is 0 Å². The van der Waals surface area contributed by atoms with Crippen molar-refractivity contribution in [3.8, 4) is 0 Å². The molecule has 5 nitrogen and oxygen atoms in total. The highest BCUT2D eigenvalue weighted by Gasteiger charge is 2.18. The molecule has 1 aliphatic heterocycles. The number of amides is 1. The summed E-state index contributed by atoms with van der Waals surface area (Å²) < 4.78 is 5.33. The van der Waals surface area contributed by atoms with Crippen LogP contribution in [0, 0.1) is 0 Å². The molecule has 6 heteroatoms. The van der Waals surface area contributed by atoms with Gasteiger partial charge >= 0.3 is 0 Å². The van der Waals surface area contributed by atoms with Crippen LogP contribution in [0.5, 0.6) is 0 Å². The van der Waals surface area contributed by atoms with E-state index in [0.717, 1.165) is 24.6 Å². The summed E-state index contributed by atoms with van der Waals surface area (Å²) in [7, 11) is 0. The summed E-state index contributed by atoms with van der Waals surface area (Å²) >= 11 is 1.95. The van der Waals surface area contributed by atoms with Crippen molar-refractivity contribution in [1.82, 2.24) is 10.3 Å². The van der Waals surface area contributed by atoms with Crippen molar-refractivity contribution in [2.24, 2.45) is 5.84 Å². The van der Waals surface area contributed by atoms with Crippen LogP contribution in [0.4, 0.5) is 0 Å². The molecule has 0 atom stereocenters. The highest BCUT2D eigenvalue weighted by atomic mass is 32.2. The quantitative estimate of drug-likeness (QED) is 0.456. The lowest BCUT2D eigenvalue weighted by Crippen LogP contribution is -2.34.